The van der Waals surface area contributed by atoms with Gasteiger partial charge >= 0.3 is 5.97 Å². The second kappa shape index (κ2) is 6.48. The van der Waals surface area contributed by atoms with Gasteiger partial charge in [0.1, 0.15) is 28.2 Å². The average Bonchev–Trinajstić information content (AvgIpc) is 2.97. The zero-order chi connectivity index (χ0) is 20.9. The monoisotopic (exact) mass is 391 g/mol. The van der Waals surface area contributed by atoms with Crippen molar-refractivity contribution in [3.05, 3.63) is 53.1 Å². The molecule has 0 fully saturated rings. The highest BCUT2D eigenvalue weighted by molar-refractivity contribution is 6.11. The van der Waals surface area contributed by atoms with Crippen LogP contribution in [-0.4, -0.2) is 38.6 Å². The predicted octanol–water partition coefficient (Wildman–Crippen LogP) is 2.27. The first-order valence-electron chi connectivity index (χ1n) is 8.62. The highest BCUT2D eigenvalue weighted by Gasteiger charge is 2.25. The average molecular weight is 391 g/mol. The second-order valence-corrected chi connectivity index (χ2v) is 6.49. The maximum absolute atomic E-state index is 12.2. The number of carbonyl (C=O) groups excluding carboxylic acids is 1. The van der Waals surface area contributed by atoms with Crippen LogP contribution in [0.1, 0.15) is 26.3 Å². The van der Waals surface area contributed by atoms with E-state index < -0.39 is 11.9 Å². The van der Waals surface area contributed by atoms with Crippen LogP contribution in [0, 0.1) is 6.92 Å². The van der Waals surface area contributed by atoms with Gasteiger partial charge in [0.25, 0.3) is 5.91 Å². The van der Waals surface area contributed by atoms with Crippen molar-refractivity contribution in [2.24, 2.45) is 5.73 Å². The van der Waals surface area contributed by atoms with Crippen LogP contribution < -0.4 is 16.2 Å². The van der Waals surface area contributed by atoms with E-state index in [4.69, 9.17) is 16.2 Å². The highest BCUT2D eigenvalue weighted by atomic mass is 16.5. The summed E-state index contributed by atoms with van der Waals surface area (Å²) in [5, 5.41) is 9.46. The number of hydrogen-bond donors (Lipinski definition) is 3. The van der Waals surface area contributed by atoms with Crippen LogP contribution in [0.3, 0.4) is 0 Å². The van der Waals surface area contributed by atoms with E-state index in [0.717, 1.165) is 5.56 Å². The topological polar surface area (TPSA) is 146 Å². The molecule has 4 rings (SSSR count). The van der Waals surface area contributed by atoms with Gasteiger partial charge in [-0.1, -0.05) is 12.1 Å². The van der Waals surface area contributed by atoms with E-state index in [0.29, 0.717) is 22.6 Å². The van der Waals surface area contributed by atoms with E-state index >= 15 is 0 Å². The fourth-order valence-electron chi connectivity index (χ4n) is 3.36. The molecule has 29 heavy (non-hydrogen) atoms. The van der Waals surface area contributed by atoms with E-state index in [9.17, 15) is 14.7 Å². The van der Waals surface area contributed by atoms with Crippen molar-refractivity contribution < 1.29 is 19.4 Å². The molecule has 0 aliphatic carbocycles. The smallest absolute Gasteiger partial charge is 0.337 e. The van der Waals surface area contributed by atoms with Crippen LogP contribution in [-0.2, 0) is 0 Å². The van der Waals surface area contributed by atoms with Crippen molar-refractivity contribution in [1.29, 1.82) is 0 Å². The van der Waals surface area contributed by atoms with Crippen LogP contribution in [0.4, 0.5) is 5.82 Å². The van der Waals surface area contributed by atoms with Gasteiger partial charge in [0, 0.05) is 6.07 Å². The molecule has 0 aliphatic rings. The molecule has 0 saturated heterocycles. The van der Waals surface area contributed by atoms with Gasteiger partial charge < -0.3 is 21.3 Å². The molecule has 0 atom stereocenters. The maximum atomic E-state index is 12.2. The lowest BCUT2D eigenvalue weighted by molar-refractivity contribution is 0.0698. The van der Waals surface area contributed by atoms with Crippen LogP contribution in [0.5, 0.6) is 5.75 Å². The van der Waals surface area contributed by atoms with Crippen molar-refractivity contribution >= 4 is 39.9 Å². The standard InChI is InChI=1S/C20H17N5O4/c1-9-6-7-10(29-2)8-13(9)25-17(21)14(18(22)26)16-19(25)23-12-5-3-4-11(20(27)28)15(12)24-16/h3-8H,21H2,1-2H3,(H2,22,26)(H,27,28). The molecule has 2 aromatic carbocycles. The molecule has 9 nitrogen and oxygen atoms in total. The molecule has 4 aromatic rings. The molecule has 2 aromatic heterocycles. The number of amides is 1. The fourth-order valence-corrected chi connectivity index (χ4v) is 3.36. The van der Waals surface area contributed by atoms with Gasteiger partial charge in [-0.2, -0.15) is 0 Å². The number of rotatable bonds is 4. The number of ether oxygens (including phenoxy) is 1. The van der Waals surface area contributed by atoms with Gasteiger partial charge in [-0.3, -0.25) is 9.36 Å². The van der Waals surface area contributed by atoms with E-state index in [-0.39, 0.29) is 28.0 Å². The van der Waals surface area contributed by atoms with E-state index in [2.05, 4.69) is 9.97 Å². The number of nitrogens with zero attached hydrogens (tertiary/aromatic N) is 3. The van der Waals surface area contributed by atoms with E-state index in [1.165, 1.54) is 6.07 Å². The first kappa shape index (κ1) is 18.2. The number of nitrogen functional groups attached to an aromatic ring is 1. The summed E-state index contributed by atoms with van der Waals surface area (Å²) in [5.41, 5.74) is 14.2. The molecular formula is C20H17N5O4. The molecule has 0 radical (unpaired) electrons. The minimum absolute atomic E-state index is 0.0168. The third-order valence-corrected chi connectivity index (χ3v) is 4.76. The number of aryl methyl sites for hydroxylation is 1. The Kier molecular flexibility index (Phi) is 4.08. The molecule has 9 heteroatoms. The van der Waals surface area contributed by atoms with Gasteiger partial charge in [-0.05, 0) is 30.7 Å². The van der Waals surface area contributed by atoms with E-state index in [1.807, 2.05) is 13.0 Å². The lowest BCUT2D eigenvalue weighted by atomic mass is 10.1. The number of para-hydroxylation sites is 1. The quantitative estimate of drug-likeness (QED) is 0.483. The Morgan fingerprint density at radius 1 is 1.14 bits per heavy atom. The first-order valence-corrected chi connectivity index (χ1v) is 8.62. The zero-order valence-electron chi connectivity index (χ0n) is 15.6. The predicted molar refractivity (Wildman–Crippen MR) is 108 cm³/mol. The Bertz CT molecular complexity index is 1330. The summed E-state index contributed by atoms with van der Waals surface area (Å²) in [7, 11) is 1.54. The van der Waals surface area contributed by atoms with Crippen molar-refractivity contribution in [3.8, 4) is 11.4 Å². The van der Waals surface area contributed by atoms with Crippen molar-refractivity contribution in [2.45, 2.75) is 6.92 Å². The minimum atomic E-state index is -1.15. The molecular weight excluding hydrogens is 374 g/mol. The number of aromatic carboxylic acids is 1. The first-order chi connectivity index (χ1) is 13.8. The molecule has 0 unspecified atom stereocenters. The van der Waals surface area contributed by atoms with Gasteiger partial charge in [0.05, 0.1) is 23.9 Å². The second-order valence-electron chi connectivity index (χ2n) is 6.49. The fraction of sp³-hybridized carbons (Fsp3) is 0.100. The van der Waals surface area contributed by atoms with Crippen LogP contribution >= 0.6 is 0 Å². The molecule has 0 saturated carbocycles. The number of anilines is 1. The molecule has 0 spiro atoms. The number of hydrogen-bond acceptors (Lipinski definition) is 6. The largest absolute Gasteiger partial charge is 0.497 e. The Morgan fingerprint density at radius 2 is 1.90 bits per heavy atom. The van der Waals surface area contributed by atoms with Crippen molar-refractivity contribution in [2.75, 3.05) is 12.8 Å². The summed E-state index contributed by atoms with van der Waals surface area (Å²) in [4.78, 5) is 32.7. The maximum Gasteiger partial charge on any atom is 0.337 e. The Labute approximate surface area is 164 Å². The number of methoxy groups -OCH3 is 1. The number of primary amides is 1. The third-order valence-electron chi connectivity index (χ3n) is 4.76. The number of nitrogens with two attached hydrogens (primary N) is 2. The Balaban J connectivity index is 2.18. The van der Waals surface area contributed by atoms with Crippen molar-refractivity contribution in [1.82, 2.24) is 14.5 Å². The Morgan fingerprint density at radius 3 is 2.55 bits per heavy atom. The SMILES string of the molecule is COc1ccc(C)c(-n2c(N)c(C(N)=O)c3nc4c(C(=O)O)cccc4nc32)c1. The molecule has 5 N–H and O–H groups in total. The highest BCUT2D eigenvalue weighted by Crippen LogP contribution is 2.33. The minimum Gasteiger partial charge on any atom is -0.497 e. The van der Waals surface area contributed by atoms with Gasteiger partial charge in [0.2, 0.25) is 0 Å². The molecule has 0 bridgehead atoms. The number of benzene rings is 2. The normalized spacial score (nSPS) is 11.1. The van der Waals surface area contributed by atoms with Gasteiger partial charge in [0.15, 0.2) is 5.65 Å². The van der Waals surface area contributed by atoms with Gasteiger partial charge in [-0.15, -0.1) is 0 Å². The lowest BCUT2D eigenvalue weighted by Gasteiger charge is -2.12. The van der Waals surface area contributed by atoms with Crippen LogP contribution in [0.2, 0.25) is 0 Å². The number of carboxylic acids is 1. The number of carbonyl (C=O) groups is 2. The molecule has 1 amide bonds. The number of carboxylic acid groups (broad SMARTS) is 1. The van der Waals surface area contributed by atoms with E-state index in [1.54, 1.807) is 35.9 Å². The van der Waals surface area contributed by atoms with Gasteiger partial charge in [-0.25, -0.2) is 14.8 Å². The summed E-state index contributed by atoms with van der Waals surface area (Å²) in [6.07, 6.45) is 0. The third kappa shape index (κ3) is 2.71. The molecule has 0 aliphatic heterocycles. The summed E-state index contributed by atoms with van der Waals surface area (Å²) >= 11 is 0. The molecule has 146 valence electrons. The number of aromatic nitrogens is 3. The summed E-state index contributed by atoms with van der Waals surface area (Å²) in [6, 6.07) is 10.0. The molecule has 2 heterocycles. The van der Waals surface area contributed by atoms with Crippen molar-refractivity contribution in [3.63, 3.8) is 0 Å². The van der Waals surface area contributed by atoms with Crippen LogP contribution in [0.25, 0.3) is 27.9 Å². The lowest BCUT2D eigenvalue weighted by Crippen LogP contribution is -2.14. The summed E-state index contributed by atoms with van der Waals surface area (Å²) in [6.45, 7) is 1.88. The Hall–Kier alpha value is -4.14. The summed E-state index contributed by atoms with van der Waals surface area (Å²) < 4.78 is 6.88. The zero-order valence-corrected chi connectivity index (χ0v) is 15.6. The van der Waals surface area contributed by atoms with Crippen LogP contribution in [0.15, 0.2) is 36.4 Å². The summed E-state index contributed by atoms with van der Waals surface area (Å²) in [5.74, 6) is -1.28. The number of fused-ring (bicyclic) bond motifs is 2.